The van der Waals surface area contributed by atoms with E-state index in [2.05, 4.69) is 5.32 Å². The number of hydrogen-bond donors (Lipinski definition) is 1. The molecule has 1 unspecified atom stereocenters. The number of benzene rings is 2. The Bertz CT molecular complexity index is 728. The van der Waals surface area contributed by atoms with E-state index in [0.29, 0.717) is 21.8 Å². The fourth-order valence-electron chi connectivity index (χ4n) is 2.31. The van der Waals surface area contributed by atoms with Crippen LogP contribution in [0.15, 0.2) is 42.5 Å². The number of aryl methyl sites for hydroxylation is 1. The molecule has 1 heterocycles. The Morgan fingerprint density at radius 1 is 1.19 bits per heavy atom. The highest BCUT2D eigenvalue weighted by molar-refractivity contribution is 6.33. The van der Waals surface area contributed by atoms with Crippen molar-refractivity contribution < 1.29 is 14.3 Å². The molecule has 0 bridgehead atoms. The maximum absolute atomic E-state index is 12.1. The number of halogens is 1. The predicted molar refractivity (Wildman–Crippen MR) is 79.4 cm³/mol. The van der Waals surface area contributed by atoms with Crippen molar-refractivity contribution in [3.63, 3.8) is 0 Å². The third kappa shape index (κ3) is 2.38. The molecule has 3 rings (SSSR count). The normalized spacial score (nSPS) is 16.3. The van der Waals surface area contributed by atoms with Crippen LogP contribution in [0.25, 0.3) is 0 Å². The summed E-state index contributed by atoms with van der Waals surface area (Å²) in [4.78, 5) is 24.2. The highest BCUT2D eigenvalue weighted by Crippen LogP contribution is 2.40. The first-order valence-corrected chi connectivity index (χ1v) is 6.81. The minimum absolute atomic E-state index is 0.384. The second-order valence-corrected chi connectivity index (χ2v) is 5.20. The van der Waals surface area contributed by atoms with Gasteiger partial charge in [-0.25, -0.2) is 4.79 Å². The van der Waals surface area contributed by atoms with Crippen LogP contribution >= 0.6 is 11.6 Å². The largest absolute Gasteiger partial charge is 0.444 e. The standard InChI is InChI=1S/C16H12ClNO3/c1-9-7-8-11(17)12-13(9)18-15(19)14(12)21-16(20)10-5-3-2-4-6-10/h2-8,14H,1H3,(H,18,19). The molecule has 0 radical (unpaired) electrons. The number of anilines is 1. The first-order valence-electron chi connectivity index (χ1n) is 6.44. The van der Waals surface area contributed by atoms with Gasteiger partial charge in [0.05, 0.1) is 16.3 Å². The zero-order chi connectivity index (χ0) is 15.0. The molecule has 0 fully saturated rings. The fraction of sp³-hybridized carbons (Fsp3) is 0.125. The van der Waals surface area contributed by atoms with E-state index in [1.54, 1.807) is 36.4 Å². The number of carbonyl (C=O) groups is 2. The molecule has 0 spiro atoms. The van der Waals surface area contributed by atoms with Crippen LogP contribution in [0, 0.1) is 6.92 Å². The van der Waals surface area contributed by atoms with Gasteiger partial charge >= 0.3 is 5.97 Å². The van der Waals surface area contributed by atoms with Crippen LogP contribution in [0.1, 0.15) is 27.6 Å². The quantitative estimate of drug-likeness (QED) is 0.864. The van der Waals surface area contributed by atoms with E-state index in [0.717, 1.165) is 5.56 Å². The molecule has 0 saturated heterocycles. The van der Waals surface area contributed by atoms with Crippen LogP contribution in [0.4, 0.5) is 5.69 Å². The highest BCUT2D eigenvalue weighted by Gasteiger charge is 2.37. The molecule has 2 aromatic carbocycles. The van der Waals surface area contributed by atoms with Crippen LogP contribution in [-0.4, -0.2) is 11.9 Å². The summed E-state index contributed by atoms with van der Waals surface area (Å²) in [6.07, 6.45) is -1.01. The van der Waals surface area contributed by atoms with E-state index >= 15 is 0 Å². The number of ether oxygens (including phenoxy) is 1. The van der Waals surface area contributed by atoms with Gasteiger partial charge in [0.2, 0.25) is 6.10 Å². The van der Waals surface area contributed by atoms with Crippen LogP contribution in [-0.2, 0) is 9.53 Å². The second kappa shape index (κ2) is 5.22. The van der Waals surface area contributed by atoms with Crippen molar-refractivity contribution in [2.75, 3.05) is 5.32 Å². The van der Waals surface area contributed by atoms with Crippen LogP contribution in [0.3, 0.4) is 0 Å². The van der Waals surface area contributed by atoms with Crippen molar-refractivity contribution in [3.05, 3.63) is 64.2 Å². The average molecular weight is 302 g/mol. The van der Waals surface area contributed by atoms with Gasteiger partial charge in [-0.05, 0) is 30.7 Å². The summed E-state index contributed by atoms with van der Waals surface area (Å²) in [5.41, 5.74) is 2.41. The molecule has 0 aliphatic carbocycles. The van der Waals surface area contributed by atoms with Gasteiger partial charge in [0.15, 0.2) is 0 Å². The highest BCUT2D eigenvalue weighted by atomic mass is 35.5. The molecule has 1 N–H and O–H groups in total. The maximum Gasteiger partial charge on any atom is 0.339 e. The average Bonchev–Trinajstić information content (AvgIpc) is 2.82. The molecule has 1 aliphatic heterocycles. The molecule has 1 atom stereocenters. The number of nitrogens with one attached hydrogen (secondary N) is 1. The molecule has 21 heavy (non-hydrogen) atoms. The Kier molecular flexibility index (Phi) is 3.39. The number of amides is 1. The molecule has 5 heteroatoms. The summed E-state index contributed by atoms with van der Waals surface area (Å²) >= 11 is 6.15. The van der Waals surface area contributed by atoms with Gasteiger partial charge < -0.3 is 10.1 Å². The summed E-state index contributed by atoms with van der Waals surface area (Å²) in [5, 5.41) is 3.12. The van der Waals surface area contributed by atoms with Crippen LogP contribution in [0.5, 0.6) is 0 Å². The summed E-state index contributed by atoms with van der Waals surface area (Å²) in [5.74, 6) is -0.938. The van der Waals surface area contributed by atoms with Crippen molar-refractivity contribution in [1.82, 2.24) is 0 Å². The SMILES string of the molecule is Cc1ccc(Cl)c2c1NC(=O)C2OC(=O)c1ccccc1. The maximum atomic E-state index is 12.1. The van der Waals surface area contributed by atoms with Gasteiger partial charge in [-0.1, -0.05) is 35.9 Å². The fourth-order valence-corrected chi connectivity index (χ4v) is 2.56. The third-order valence-corrected chi connectivity index (χ3v) is 3.71. The van der Waals surface area contributed by atoms with Gasteiger partial charge in [-0.2, -0.15) is 0 Å². The van der Waals surface area contributed by atoms with Crippen molar-refractivity contribution in [1.29, 1.82) is 0 Å². The first-order chi connectivity index (χ1) is 10.1. The Hall–Kier alpha value is -2.33. The molecule has 106 valence electrons. The van der Waals surface area contributed by atoms with Crippen molar-refractivity contribution in [3.8, 4) is 0 Å². The minimum atomic E-state index is -1.01. The van der Waals surface area contributed by atoms with E-state index in [1.165, 1.54) is 0 Å². The third-order valence-electron chi connectivity index (χ3n) is 3.38. The second-order valence-electron chi connectivity index (χ2n) is 4.79. The van der Waals surface area contributed by atoms with Gasteiger partial charge in [0.25, 0.3) is 5.91 Å². The Morgan fingerprint density at radius 2 is 1.90 bits per heavy atom. The zero-order valence-corrected chi connectivity index (χ0v) is 12.0. The molecule has 1 aliphatic rings. The lowest BCUT2D eigenvalue weighted by Crippen LogP contribution is -2.19. The Morgan fingerprint density at radius 3 is 2.62 bits per heavy atom. The summed E-state index contributed by atoms with van der Waals surface area (Å²) in [6, 6.07) is 12.0. The molecule has 2 aromatic rings. The number of carbonyl (C=O) groups excluding carboxylic acids is 2. The van der Waals surface area contributed by atoms with Crippen LogP contribution < -0.4 is 5.32 Å². The number of esters is 1. The lowest BCUT2D eigenvalue weighted by atomic mass is 10.1. The number of rotatable bonds is 2. The molecule has 0 aromatic heterocycles. The summed E-state index contributed by atoms with van der Waals surface area (Å²) < 4.78 is 5.34. The minimum Gasteiger partial charge on any atom is -0.444 e. The first kappa shape index (κ1) is 13.6. The molecular formula is C16H12ClNO3. The lowest BCUT2D eigenvalue weighted by Gasteiger charge is -2.12. The summed E-state index contributed by atoms with van der Waals surface area (Å²) in [6.45, 7) is 1.86. The monoisotopic (exact) mass is 301 g/mol. The number of fused-ring (bicyclic) bond motifs is 1. The van der Waals surface area contributed by atoms with Crippen molar-refractivity contribution in [2.24, 2.45) is 0 Å². The van der Waals surface area contributed by atoms with Crippen molar-refractivity contribution >= 4 is 29.2 Å². The predicted octanol–water partition coefficient (Wildman–Crippen LogP) is 3.50. The summed E-state index contributed by atoms with van der Waals surface area (Å²) in [7, 11) is 0. The zero-order valence-electron chi connectivity index (χ0n) is 11.2. The van der Waals surface area contributed by atoms with Gasteiger partial charge in [0, 0.05) is 5.56 Å². The smallest absolute Gasteiger partial charge is 0.339 e. The Balaban J connectivity index is 1.93. The van der Waals surface area contributed by atoms with E-state index in [9.17, 15) is 9.59 Å². The molecule has 1 amide bonds. The number of hydrogen-bond acceptors (Lipinski definition) is 3. The van der Waals surface area contributed by atoms with Crippen molar-refractivity contribution in [2.45, 2.75) is 13.0 Å². The van der Waals surface area contributed by atoms with Gasteiger partial charge in [-0.3, -0.25) is 4.79 Å². The molecular weight excluding hydrogens is 290 g/mol. The van der Waals surface area contributed by atoms with E-state index < -0.39 is 12.1 Å². The molecule has 0 saturated carbocycles. The van der Waals surface area contributed by atoms with Crippen LogP contribution in [0.2, 0.25) is 5.02 Å². The lowest BCUT2D eigenvalue weighted by molar-refractivity contribution is -0.124. The van der Waals surface area contributed by atoms with Gasteiger partial charge in [-0.15, -0.1) is 0 Å². The van der Waals surface area contributed by atoms with E-state index in [-0.39, 0.29) is 5.91 Å². The topological polar surface area (TPSA) is 55.4 Å². The van der Waals surface area contributed by atoms with E-state index in [4.69, 9.17) is 16.3 Å². The van der Waals surface area contributed by atoms with Gasteiger partial charge in [0.1, 0.15) is 0 Å². The molecule has 4 nitrogen and oxygen atoms in total. The Labute approximate surface area is 126 Å². The van der Waals surface area contributed by atoms with E-state index in [1.807, 2.05) is 13.0 Å².